The van der Waals surface area contributed by atoms with Crippen molar-refractivity contribution in [2.75, 3.05) is 19.6 Å². The summed E-state index contributed by atoms with van der Waals surface area (Å²) in [5.74, 6) is -0.124. The number of aromatic amines is 2. The first kappa shape index (κ1) is 16.4. The van der Waals surface area contributed by atoms with Gasteiger partial charge in [0.05, 0.1) is 0 Å². The normalized spacial score (nSPS) is 18.7. The van der Waals surface area contributed by atoms with Crippen LogP contribution in [-0.4, -0.2) is 56.6 Å². The molecule has 0 saturated carbocycles. The Morgan fingerprint density at radius 3 is 2.75 bits per heavy atom. The number of carbonyl (C=O) groups excluding carboxylic acids is 1. The molecule has 24 heavy (non-hydrogen) atoms. The fraction of sp³-hybridized carbons (Fsp3) is 0.471. The molecule has 7 heteroatoms. The van der Waals surface area contributed by atoms with Gasteiger partial charge in [-0.05, 0) is 12.0 Å². The second kappa shape index (κ2) is 7.44. The number of nitrogens with zero attached hydrogens (tertiary/aromatic N) is 3. The monoisotopic (exact) mass is 329 g/mol. The summed E-state index contributed by atoms with van der Waals surface area (Å²) in [4.78, 5) is 30.3. The van der Waals surface area contributed by atoms with Crippen LogP contribution in [0.2, 0.25) is 0 Å². The van der Waals surface area contributed by atoms with E-state index in [9.17, 15) is 9.59 Å². The van der Waals surface area contributed by atoms with Gasteiger partial charge in [-0.1, -0.05) is 43.7 Å². The first-order chi connectivity index (χ1) is 11.7. The van der Waals surface area contributed by atoms with Gasteiger partial charge in [-0.25, -0.2) is 9.89 Å². The van der Waals surface area contributed by atoms with E-state index in [0.29, 0.717) is 19.1 Å². The van der Waals surface area contributed by atoms with Crippen LogP contribution in [0.15, 0.2) is 35.1 Å². The minimum atomic E-state index is -0.453. The van der Waals surface area contributed by atoms with Crippen LogP contribution >= 0.6 is 0 Å². The summed E-state index contributed by atoms with van der Waals surface area (Å²) >= 11 is 0. The zero-order chi connectivity index (χ0) is 16.9. The molecule has 3 rings (SSSR count). The van der Waals surface area contributed by atoms with Crippen molar-refractivity contribution in [3.05, 3.63) is 52.2 Å². The molecule has 1 aliphatic heterocycles. The number of aromatic nitrogens is 3. The third-order valence-electron chi connectivity index (χ3n) is 4.45. The second-order valence-electron chi connectivity index (χ2n) is 6.18. The molecule has 1 atom stereocenters. The van der Waals surface area contributed by atoms with Crippen molar-refractivity contribution in [2.45, 2.75) is 32.4 Å². The van der Waals surface area contributed by atoms with E-state index in [1.165, 1.54) is 5.56 Å². The summed E-state index contributed by atoms with van der Waals surface area (Å²) in [5.41, 5.74) is 0.834. The SMILES string of the molecule is CCCC1CN(C(=O)c2n[nH]c(=O)[nH]2)CCN1Cc1ccccc1. The number of H-pyrrole nitrogens is 2. The fourth-order valence-electron chi connectivity index (χ4n) is 3.23. The van der Waals surface area contributed by atoms with Crippen LogP contribution in [-0.2, 0) is 6.54 Å². The van der Waals surface area contributed by atoms with Crippen LogP contribution in [0.4, 0.5) is 0 Å². The maximum atomic E-state index is 12.5. The van der Waals surface area contributed by atoms with Crippen molar-refractivity contribution in [1.82, 2.24) is 25.0 Å². The largest absolute Gasteiger partial charge is 0.341 e. The number of hydrogen-bond acceptors (Lipinski definition) is 4. The van der Waals surface area contributed by atoms with Crippen LogP contribution < -0.4 is 5.69 Å². The highest BCUT2D eigenvalue weighted by atomic mass is 16.2. The molecule has 2 N–H and O–H groups in total. The minimum absolute atomic E-state index is 0.0896. The molecule has 2 heterocycles. The third-order valence-corrected chi connectivity index (χ3v) is 4.45. The Kier molecular flexibility index (Phi) is 5.10. The molecule has 1 aliphatic rings. The molecule has 7 nitrogen and oxygen atoms in total. The third kappa shape index (κ3) is 3.73. The number of benzene rings is 1. The summed E-state index contributed by atoms with van der Waals surface area (Å²) in [6, 6.07) is 10.7. The molecular formula is C17H23N5O2. The Hall–Kier alpha value is -2.41. The topological polar surface area (TPSA) is 85.1 Å². The van der Waals surface area contributed by atoms with E-state index in [4.69, 9.17) is 0 Å². The molecule has 0 aliphatic carbocycles. The number of carbonyl (C=O) groups is 1. The number of nitrogens with one attached hydrogen (secondary N) is 2. The number of amides is 1. The molecule has 0 spiro atoms. The average molecular weight is 329 g/mol. The molecule has 1 aromatic heterocycles. The molecule has 1 fully saturated rings. The Balaban J connectivity index is 1.68. The maximum absolute atomic E-state index is 12.5. The van der Waals surface area contributed by atoms with E-state index >= 15 is 0 Å². The van der Waals surface area contributed by atoms with Crippen LogP contribution in [0.5, 0.6) is 0 Å². The smallest absolute Gasteiger partial charge is 0.333 e. The molecule has 0 radical (unpaired) electrons. The lowest BCUT2D eigenvalue weighted by Gasteiger charge is -2.41. The minimum Gasteiger partial charge on any atom is -0.333 e. The second-order valence-corrected chi connectivity index (χ2v) is 6.18. The Morgan fingerprint density at radius 1 is 1.29 bits per heavy atom. The van der Waals surface area contributed by atoms with E-state index in [1.54, 1.807) is 4.90 Å². The van der Waals surface area contributed by atoms with Crippen LogP contribution in [0.1, 0.15) is 35.9 Å². The highest BCUT2D eigenvalue weighted by Gasteiger charge is 2.30. The molecule has 128 valence electrons. The van der Waals surface area contributed by atoms with Crippen molar-refractivity contribution >= 4 is 5.91 Å². The van der Waals surface area contributed by atoms with Crippen LogP contribution in [0.3, 0.4) is 0 Å². The summed E-state index contributed by atoms with van der Waals surface area (Å²) in [7, 11) is 0. The predicted molar refractivity (Wildman–Crippen MR) is 90.7 cm³/mol. The summed E-state index contributed by atoms with van der Waals surface area (Å²) in [6.45, 7) is 5.18. The number of hydrogen-bond donors (Lipinski definition) is 2. The number of rotatable bonds is 5. The van der Waals surface area contributed by atoms with Crippen molar-refractivity contribution in [3.8, 4) is 0 Å². The molecular weight excluding hydrogens is 306 g/mol. The highest BCUT2D eigenvalue weighted by molar-refractivity contribution is 5.90. The molecule has 2 aromatic rings. The van der Waals surface area contributed by atoms with Crippen LogP contribution in [0, 0.1) is 0 Å². The molecule has 1 saturated heterocycles. The van der Waals surface area contributed by atoms with E-state index < -0.39 is 5.69 Å². The maximum Gasteiger partial charge on any atom is 0.341 e. The van der Waals surface area contributed by atoms with Gasteiger partial charge in [0.2, 0.25) is 5.82 Å². The van der Waals surface area contributed by atoms with Gasteiger partial charge in [-0.15, -0.1) is 5.10 Å². The van der Waals surface area contributed by atoms with Gasteiger partial charge in [0.1, 0.15) is 0 Å². The van der Waals surface area contributed by atoms with Crippen molar-refractivity contribution in [3.63, 3.8) is 0 Å². The van der Waals surface area contributed by atoms with Gasteiger partial charge in [-0.2, -0.15) is 0 Å². The van der Waals surface area contributed by atoms with E-state index in [2.05, 4.69) is 51.3 Å². The average Bonchev–Trinajstić information content (AvgIpc) is 3.03. The molecule has 0 bridgehead atoms. The van der Waals surface area contributed by atoms with Gasteiger partial charge in [0.15, 0.2) is 0 Å². The van der Waals surface area contributed by atoms with E-state index in [1.807, 2.05) is 6.07 Å². The quantitative estimate of drug-likeness (QED) is 0.864. The van der Waals surface area contributed by atoms with Gasteiger partial charge < -0.3 is 4.90 Å². The first-order valence-electron chi connectivity index (χ1n) is 8.39. The summed E-state index contributed by atoms with van der Waals surface area (Å²) in [5, 5.41) is 6.00. The van der Waals surface area contributed by atoms with Gasteiger partial charge in [0, 0.05) is 32.2 Å². The Labute approximate surface area is 140 Å². The van der Waals surface area contributed by atoms with E-state index in [-0.39, 0.29) is 11.7 Å². The molecule has 1 amide bonds. The van der Waals surface area contributed by atoms with Gasteiger partial charge in [0.25, 0.3) is 5.91 Å². The Morgan fingerprint density at radius 2 is 2.08 bits per heavy atom. The van der Waals surface area contributed by atoms with Gasteiger partial charge in [-0.3, -0.25) is 14.7 Å². The predicted octanol–water partition coefficient (Wildman–Crippen LogP) is 1.22. The zero-order valence-corrected chi connectivity index (χ0v) is 13.9. The van der Waals surface area contributed by atoms with Gasteiger partial charge >= 0.3 is 5.69 Å². The highest BCUT2D eigenvalue weighted by Crippen LogP contribution is 2.18. The zero-order valence-electron chi connectivity index (χ0n) is 13.9. The fourth-order valence-corrected chi connectivity index (χ4v) is 3.23. The lowest BCUT2D eigenvalue weighted by atomic mass is 10.0. The van der Waals surface area contributed by atoms with Crippen molar-refractivity contribution in [2.24, 2.45) is 0 Å². The summed E-state index contributed by atoms with van der Waals surface area (Å²) in [6.07, 6.45) is 2.10. The standard InChI is InChI=1S/C17H23N5O2/c1-2-6-14-12-22(16(23)15-18-17(24)20-19-15)10-9-21(14)11-13-7-4-3-5-8-13/h3-5,7-8,14H,2,6,9-12H2,1H3,(H2,18,19,20,24). The summed E-state index contributed by atoms with van der Waals surface area (Å²) < 4.78 is 0. The first-order valence-corrected chi connectivity index (χ1v) is 8.39. The number of piperazine rings is 1. The lowest BCUT2D eigenvalue weighted by Crippen LogP contribution is -2.54. The van der Waals surface area contributed by atoms with Crippen LogP contribution in [0.25, 0.3) is 0 Å². The molecule has 1 unspecified atom stereocenters. The van der Waals surface area contributed by atoms with Crippen molar-refractivity contribution in [1.29, 1.82) is 0 Å². The lowest BCUT2D eigenvalue weighted by molar-refractivity contribution is 0.0428. The molecule has 1 aromatic carbocycles. The van der Waals surface area contributed by atoms with Crippen molar-refractivity contribution < 1.29 is 4.79 Å². The van der Waals surface area contributed by atoms with E-state index in [0.717, 1.165) is 25.9 Å². The Bertz CT molecular complexity index is 724.